The van der Waals surface area contributed by atoms with Gasteiger partial charge in [0, 0.05) is 0 Å². The van der Waals surface area contributed by atoms with Crippen LogP contribution in [-0.4, -0.2) is 9.52 Å². The van der Waals surface area contributed by atoms with Crippen LogP contribution in [0.15, 0.2) is 139 Å². The summed E-state index contributed by atoms with van der Waals surface area (Å²) in [6, 6.07) is 48.4. The van der Waals surface area contributed by atoms with Crippen LogP contribution in [0.25, 0.3) is 45.5 Å². The molecule has 2 aliphatic carbocycles. The van der Waals surface area contributed by atoms with Crippen LogP contribution in [0.4, 0.5) is 0 Å². The summed E-state index contributed by atoms with van der Waals surface area (Å²) in [5.41, 5.74) is 19.1. The maximum absolute atomic E-state index is 9.40. The van der Waals surface area contributed by atoms with E-state index >= 15 is 0 Å². The molecule has 2 unspecified atom stereocenters. The molecular weight excluding hydrogens is 950 g/mol. The fourth-order valence-corrected chi connectivity index (χ4v) is 50.6. The molecule has 4 heteroatoms. The second-order valence-electron chi connectivity index (χ2n) is 18.7. The number of allylic oxidation sites excluding steroid dienone is 2. The molecule has 9 rings (SSSR count). The van der Waals surface area contributed by atoms with Gasteiger partial charge >= 0.3 is 373 Å². The number of halogens is 2. The molecule has 0 aromatic heterocycles. The number of hydrogen-bond acceptors (Lipinski definition) is 0. The van der Waals surface area contributed by atoms with Crippen molar-refractivity contribution in [3.05, 3.63) is 172 Å². The molecule has 0 saturated carbocycles. The Morgan fingerprint density at radius 1 is 0.500 bits per heavy atom. The van der Waals surface area contributed by atoms with Gasteiger partial charge in [-0.15, -0.1) is 0 Å². The van der Waals surface area contributed by atoms with Gasteiger partial charge in [0.05, 0.1) is 0 Å². The summed E-state index contributed by atoms with van der Waals surface area (Å²) in [5, 5.41) is 3.00. The van der Waals surface area contributed by atoms with Crippen LogP contribution in [0, 0.1) is 11.8 Å². The van der Waals surface area contributed by atoms with E-state index in [1.807, 2.05) is 0 Å². The molecule has 0 bridgehead atoms. The van der Waals surface area contributed by atoms with E-state index in [0.29, 0.717) is 11.8 Å². The van der Waals surface area contributed by atoms with E-state index < -0.39 is 25.7 Å². The summed E-state index contributed by atoms with van der Waals surface area (Å²) in [7, 11) is 17.9. The van der Waals surface area contributed by atoms with Crippen LogP contribution in [0.3, 0.4) is 0 Å². The van der Waals surface area contributed by atoms with Gasteiger partial charge in [-0.2, -0.15) is 0 Å². The first-order valence-electron chi connectivity index (χ1n) is 22.6. The van der Waals surface area contributed by atoms with Gasteiger partial charge in [-0.25, -0.2) is 0 Å². The second-order valence-corrected chi connectivity index (χ2v) is 49.9. The van der Waals surface area contributed by atoms with Crippen LogP contribution in [-0.2, 0) is 29.0 Å². The standard InChI is InChI=1S/2C22H25.C12H9Si.2ClH.Hf/c2*1-4-8-17-14-19-10-7-12-21(22(19)15-17)20-11-6-5-9-18(20)13-16(2)3;1-3-7-11-9(5-1)10-6-2-4-8-12(10)13-11;;;/h2*5-7,9-12,14-16H,4,8,13H2,1-3H3;1-7H,13H2;2*1H;/q;;;;;+2/p-2. The molecule has 0 spiro atoms. The van der Waals surface area contributed by atoms with Crippen molar-refractivity contribution in [3.8, 4) is 33.4 Å². The molecule has 6 aromatic rings. The van der Waals surface area contributed by atoms with Crippen molar-refractivity contribution in [2.24, 2.45) is 11.8 Å². The molecule has 305 valence electrons. The van der Waals surface area contributed by atoms with E-state index in [0.717, 1.165) is 38.5 Å². The minimum absolute atomic E-state index is 0.0604. The average Bonchev–Trinajstić information content (AvgIpc) is 3.93. The monoisotopic (exact) mass is 1010 g/mol. The van der Waals surface area contributed by atoms with E-state index in [-0.39, 0.29) is 7.35 Å². The van der Waals surface area contributed by atoms with Crippen LogP contribution >= 0.6 is 17.2 Å². The summed E-state index contributed by atoms with van der Waals surface area (Å²) in [6.07, 6.45) is 11.2. The van der Waals surface area contributed by atoms with Gasteiger partial charge in [0.2, 0.25) is 0 Å². The predicted octanol–water partition coefficient (Wildman–Crippen LogP) is 14.0. The van der Waals surface area contributed by atoms with Crippen LogP contribution in [0.1, 0.15) is 108 Å². The van der Waals surface area contributed by atoms with Gasteiger partial charge < -0.3 is 0 Å². The Morgan fingerprint density at radius 2 is 0.933 bits per heavy atom. The third-order valence-electron chi connectivity index (χ3n) is 13.7. The molecule has 1 aliphatic heterocycles. The maximum atomic E-state index is 9.40. The van der Waals surface area contributed by atoms with E-state index in [1.54, 1.807) is 0 Å². The fraction of sp³-hybridized carbons (Fsp3) is 0.286. The topological polar surface area (TPSA) is 0 Å². The van der Waals surface area contributed by atoms with Crippen molar-refractivity contribution in [2.75, 3.05) is 0 Å². The van der Waals surface area contributed by atoms with Gasteiger partial charge in [-0.05, 0) is 0 Å². The van der Waals surface area contributed by atoms with Crippen molar-refractivity contribution >= 4 is 52.5 Å². The molecule has 0 saturated heterocycles. The SMILES string of the molecule is CCCC1=Cc2c(-c3ccccc3CC(C)C)cccc2[CH]1[Hf]([Cl])([Cl])([c]1cccc2c1[SiH2]c1ccccc1-2)[CH]1C(CCC)=Cc2c(-c3ccccc3CC(C)C)cccc21. The molecule has 0 amide bonds. The van der Waals surface area contributed by atoms with E-state index in [4.69, 9.17) is 0 Å². The number of fused-ring (bicyclic) bond motifs is 5. The Balaban J connectivity index is 1.35. The summed E-state index contributed by atoms with van der Waals surface area (Å²) in [4.78, 5) is 0. The van der Waals surface area contributed by atoms with Crippen LogP contribution in [0.5, 0.6) is 0 Å². The van der Waals surface area contributed by atoms with Crippen LogP contribution < -0.4 is 13.7 Å². The molecule has 2 atom stereocenters. The first-order chi connectivity index (χ1) is 29.0. The predicted molar refractivity (Wildman–Crippen MR) is 263 cm³/mol. The van der Waals surface area contributed by atoms with Gasteiger partial charge in [0.15, 0.2) is 0 Å². The van der Waals surface area contributed by atoms with Gasteiger partial charge in [-0.1, -0.05) is 0 Å². The average molecular weight is 1010 g/mol. The zero-order valence-corrected chi connectivity index (χ0v) is 42.8. The summed E-state index contributed by atoms with van der Waals surface area (Å²) >= 11 is -5.79. The molecule has 1 heterocycles. The summed E-state index contributed by atoms with van der Waals surface area (Å²) in [6.45, 7) is 13.9. The van der Waals surface area contributed by atoms with Crippen molar-refractivity contribution in [3.63, 3.8) is 0 Å². The Hall–Kier alpha value is -3.53. The quantitative estimate of drug-likeness (QED) is 0.101. The molecule has 3 aliphatic rings. The Bertz CT molecular complexity index is 2550. The van der Waals surface area contributed by atoms with Crippen LogP contribution in [0.2, 0.25) is 0 Å². The second kappa shape index (κ2) is 16.6. The molecule has 60 heavy (non-hydrogen) atoms. The van der Waals surface area contributed by atoms with E-state index in [1.165, 1.54) is 91.6 Å². The molecule has 6 aromatic carbocycles. The van der Waals surface area contributed by atoms with Gasteiger partial charge in [-0.3, -0.25) is 0 Å². The molecule has 0 fully saturated rings. The Kier molecular flexibility index (Phi) is 11.6. The summed E-state index contributed by atoms with van der Waals surface area (Å²) in [5.74, 6) is 1.11. The first kappa shape index (κ1) is 41.8. The van der Waals surface area contributed by atoms with Crippen molar-refractivity contribution < 1.29 is 16.1 Å². The summed E-state index contributed by atoms with van der Waals surface area (Å²) < 4.78 is 1.20. The van der Waals surface area contributed by atoms with E-state index in [9.17, 15) is 17.2 Å². The van der Waals surface area contributed by atoms with E-state index in [2.05, 4.69) is 181 Å². The normalized spacial score (nSPS) is 17.6. The zero-order chi connectivity index (χ0) is 41.8. The molecule has 0 N–H and O–H groups in total. The first-order valence-corrected chi connectivity index (χ1v) is 38.9. The third-order valence-corrected chi connectivity index (χ3v) is 45.4. The fourth-order valence-electron chi connectivity index (χ4n) is 11.5. The van der Waals surface area contributed by atoms with Gasteiger partial charge in [0.25, 0.3) is 0 Å². The molecule has 0 nitrogen and oxygen atoms in total. The number of benzene rings is 6. The Labute approximate surface area is 370 Å². The number of hydrogen-bond donors (Lipinski definition) is 0. The minimum atomic E-state index is -5.79. The third kappa shape index (κ3) is 6.97. The molecular formula is C56H59Cl2HfSi. The van der Waals surface area contributed by atoms with Gasteiger partial charge in [0.1, 0.15) is 0 Å². The zero-order valence-electron chi connectivity index (χ0n) is 36.3. The molecule has 0 radical (unpaired) electrons. The number of rotatable bonds is 13. The van der Waals surface area contributed by atoms with Crippen molar-refractivity contribution in [2.45, 2.75) is 87.4 Å². The Morgan fingerprint density at radius 3 is 1.43 bits per heavy atom. The van der Waals surface area contributed by atoms with Crippen molar-refractivity contribution in [1.29, 1.82) is 0 Å². The van der Waals surface area contributed by atoms with Crippen molar-refractivity contribution in [1.82, 2.24) is 0 Å².